The lowest BCUT2D eigenvalue weighted by atomic mass is 9.80. The van der Waals surface area contributed by atoms with Gasteiger partial charge in [-0.05, 0) is 61.8 Å². The molecule has 1 saturated carbocycles. The quantitative estimate of drug-likeness (QED) is 0.397. The molecule has 38 heavy (non-hydrogen) atoms. The second kappa shape index (κ2) is 9.20. The zero-order valence-corrected chi connectivity index (χ0v) is 21.2. The number of pyridine rings is 1. The van der Waals surface area contributed by atoms with Crippen molar-refractivity contribution in [3.05, 3.63) is 65.1 Å². The van der Waals surface area contributed by atoms with E-state index >= 15 is 0 Å². The van der Waals surface area contributed by atoms with Crippen LogP contribution in [0.4, 0.5) is 24.5 Å². The van der Waals surface area contributed by atoms with Crippen molar-refractivity contribution in [2.24, 2.45) is 11.8 Å². The lowest BCUT2D eigenvalue weighted by Crippen LogP contribution is -2.29. The summed E-state index contributed by atoms with van der Waals surface area (Å²) >= 11 is 0. The monoisotopic (exact) mass is 523 g/mol. The Morgan fingerprint density at radius 1 is 1.18 bits per heavy atom. The van der Waals surface area contributed by atoms with E-state index in [1.54, 1.807) is 0 Å². The molecular formula is C28H28F3N5O2. The minimum absolute atomic E-state index is 0.310. The molecule has 1 amide bonds. The molecule has 7 nitrogen and oxygen atoms in total. The Kier molecular flexibility index (Phi) is 5.94. The van der Waals surface area contributed by atoms with Gasteiger partial charge in [-0.1, -0.05) is 25.6 Å². The Bertz CT molecular complexity index is 1480. The van der Waals surface area contributed by atoms with Crippen molar-refractivity contribution < 1.29 is 22.7 Å². The number of hydrogen-bond acceptors (Lipinski definition) is 5. The summed E-state index contributed by atoms with van der Waals surface area (Å²) < 4.78 is 47.1. The van der Waals surface area contributed by atoms with E-state index < -0.39 is 17.8 Å². The molecule has 2 bridgehead atoms. The highest BCUT2D eigenvalue weighted by molar-refractivity contribution is 6.06. The van der Waals surface area contributed by atoms with E-state index in [-0.39, 0.29) is 5.69 Å². The van der Waals surface area contributed by atoms with Gasteiger partial charge in [0.05, 0.1) is 29.5 Å². The number of anilines is 2. The summed E-state index contributed by atoms with van der Waals surface area (Å²) in [6.07, 6.45) is 1.84. The van der Waals surface area contributed by atoms with Gasteiger partial charge in [0.25, 0.3) is 5.91 Å². The molecule has 3 aliphatic rings. The van der Waals surface area contributed by atoms with E-state index in [1.807, 2.05) is 27.9 Å². The van der Waals surface area contributed by atoms with Crippen molar-refractivity contribution in [2.75, 3.05) is 23.4 Å². The van der Waals surface area contributed by atoms with Crippen LogP contribution in [0.1, 0.15) is 61.8 Å². The fourth-order valence-corrected chi connectivity index (χ4v) is 5.62. The van der Waals surface area contributed by atoms with E-state index in [2.05, 4.69) is 29.9 Å². The number of nitrogens with zero attached hydrogens (tertiary/aromatic N) is 4. The number of ether oxygens (including phenoxy) is 1. The van der Waals surface area contributed by atoms with Gasteiger partial charge in [-0.3, -0.25) is 9.48 Å². The molecule has 198 valence electrons. The molecular weight excluding hydrogens is 495 g/mol. The second-order valence-electron chi connectivity index (χ2n) is 10.6. The fraction of sp³-hybridized carbons (Fsp3) is 0.429. The highest BCUT2D eigenvalue weighted by atomic mass is 19.4. The molecule has 0 radical (unpaired) electrons. The number of halogens is 3. The van der Waals surface area contributed by atoms with Crippen LogP contribution in [0.5, 0.6) is 0 Å². The van der Waals surface area contributed by atoms with Gasteiger partial charge in [0, 0.05) is 11.6 Å². The topological polar surface area (TPSA) is 72.3 Å². The first kappa shape index (κ1) is 24.6. The van der Waals surface area contributed by atoms with E-state index in [4.69, 9.17) is 9.84 Å². The Morgan fingerprint density at radius 2 is 1.97 bits per heavy atom. The predicted molar refractivity (Wildman–Crippen MR) is 137 cm³/mol. The smallest absolute Gasteiger partial charge is 0.433 e. The van der Waals surface area contributed by atoms with E-state index in [0.717, 1.165) is 41.4 Å². The Labute approximate surface area is 218 Å². The third kappa shape index (κ3) is 4.53. The number of hydrogen-bond donors (Lipinski definition) is 1. The predicted octanol–water partition coefficient (Wildman–Crippen LogP) is 6.31. The van der Waals surface area contributed by atoms with Crippen molar-refractivity contribution >= 4 is 28.2 Å². The number of carbonyl (C=O) groups is 1. The normalized spacial score (nSPS) is 21.1. The molecule has 0 atom stereocenters. The summed E-state index contributed by atoms with van der Waals surface area (Å²) in [5.74, 6) is 1.41. The summed E-state index contributed by atoms with van der Waals surface area (Å²) in [6, 6.07) is 7.36. The molecule has 0 saturated heterocycles. The van der Waals surface area contributed by atoms with Crippen molar-refractivity contribution in [1.82, 2.24) is 14.8 Å². The van der Waals surface area contributed by atoms with Crippen LogP contribution in [0.15, 0.2) is 53.7 Å². The number of fused-ring (bicyclic) bond motifs is 1. The Hall–Kier alpha value is -3.78. The van der Waals surface area contributed by atoms with Gasteiger partial charge >= 0.3 is 6.18 Å². The molecule has 1 aliphatic carbocycles. The highest BCUT2D eigenvalue weighted by Crippen LogP contribution is 2.40. The average Bonchev–Trinajstić information content (AvgIpc) is 3.63. The van der Waals surface area contributed by atoms with Crippen molar-refractivity contribution in [1.29, 1.82) is 0 Å². The summed E-state index contributed by atoms with van der Waals surface area (Å²) in [5, 5.41) is 8.54. The van der Waals surface area contributed by atoms with Gasteiger partial charge in [-0.2, -0.15) is 18.3 Å². The standard InChI is InChI=1S/C28H28F3N5O2/c1-16(2)17-6-8-19(9-7-17)36-13-18-10-24(33-27(37)22-4-3-5-26(32-22)28(29,30)31)25(12-23(18)34-36)35-14-21-11-20(35)15-38-21/h3-5,10,12-13,16-17,19H,6-9,14-15H2,1-2H3,(H,33,37). The van der Waals surface area contributed by atoms with Gasteiger partial charge in [-0.25, -0.2) is 4.98 Å². The van der Waals surface area contributed by atoms with E-state index in [0.29, 0.717) is 42.2 Å². The zero-order chi connectivity index (χ0) is 26.6. The second-order valence-corrected chi connectivity index (χ2v) is 10.6. The summed E-state index contributed by atoms with van der Waals surface area (Å²) in [5.41, 5.74) is 4.54. The first-order valence-electron chi connectivity index (χ1n) is 12.9. The number of benzene rings is 1. The number of morpholine rings is 1. The first-order chi connectivity index (χ1) is 18.2. The zero-order valence-electron chi connectivity index (χ0n) is 21.2. The van der Waals surface area contributed by atoms with Crippen LogP contribution in [0.2, 0.25) is 0 Å². The van der Waals surface area contributed by atoms with Crippen LogP contribution in [0.3, 0.4) is 0 Å². The SMILES string of the molecule is CC(C)C1CCC(n2cc3cc(NC(=O)c4cccc(C(F)(F)F)n4)c(N4CC5=C=C4CO5)cc3n2)CC1. The summed E-state index contributed by atoms with van der Waals surface area (Å²) in [6.45, 7) is 5.40. The third-order valence-corrected chi connectivity index (χ3v) is 7.80. The van der Waals surface area contributed by atoms with Gasteiger partial charge in [0.15, 0.2) is 5.76 Å². The maximum absolute atomic E-state index is 13.2. The number of rotatable bonds is 5. The Balaban J connectivity index is 1.33. The Morgan fingerprint density at radius 3 is 2.63 bits per heavy atom. The van der Waals surface area contributed by atoms with Crippen LogP contribution in [-0.4, -0.2) is 33.8 Å². The number of carbonyl (C=O) groups excluding carboxylic acids is 1. The van der Waals surface area contributed by atoms with E-state index in [9.17, 15) is 18.0 Å². The van der Waals surface area contributed by atoms with Crippen LogP contribution >= 0.6 is 0 Å². The van der Waals surface area contributed by atoms with Crippen LogP contribution < -0.4 is 10.2 Å². The third-order valence-electron chi connectivity index (χ3n) is 7.80. The molecule has 1 aromatic carbocycles. The molecule has 0 unspecified atom stereocenters. The fourth-order valence-electron chi connectivity index (χ4n) is 5.62. The molecule has 1 fully saturated rings. The molecule has 3 aromatic rings. The lowest BCUT2D eigenvalue weighted by molar-refractivity contribution is -0.141. The molecule has 0 spiro atoms. The summed E-state index contributed by atoms with van der Waals surface area (Å²) in [4.78, 5) is 18.6. The molecule has 4 heterocycles. The van der Waals surface area contributed by atoms with Gasteiger partial charge in [0.2, 0.25) is 0 Å². The van der Waals surface area contributed by atoms with Crippen molar-refractivity contribution in [3.63, 3.8) is 0 Å². The number of aromatic nitrogens is 3. The molecule has 10 heteroatoms. The van der Waals surface area contributed by atoms with Crippen LogP contribution in [0, 0.1) is 11.8 Å². The lowest BCUT2D eigenvalue weighted by Gasteiger charge is -2.30. The molecule has 6 rings (SSSR count). The number of alkyl halides is 3. The average molecular weight is 524 g/mol. The highest BCUT2D eigenvalue weighted by Gasteiger charge is 2.34. The molecule has 1 N–H and O–H groups in total. The maximum Gasteiger partial charge on any atom is 0.433 e. The van der Waals surface area contributed by atoms with Gasteiger partial charge in [-0.15, -0.1) is 0 Å². The van der Waals surface area contributed by atoms with Crippen LogP contribution in [-0.2, 0) is 10.9 Å². The first-order valence-corrected chi connectivity index (χ1v) is 12.9. The largest absolute Gasteiger partial charge is 0.481 e. The van der Waals surface area contributed by atoms with Crippen molar-refractivity contribution in [2.45, 2.75) is 51.7 Å². The minimum Gasteiger partial charge on any atom is -0.481 e. The summed E-state index contributed by atoms with van der Waals surface area (Å²) in [7, 11) is 0. The molecule has 2 aromatic heterocycles. The van der Waals surface area contributed by atoms with Crippen molar-refractivity contribution in [3.8, 4) is 0 Å². The minimum atomic E-state index is -4.64. The van der Waals surface area contributed by atoms with Crippen LogP contribution in [0.25, 0.3) is 10.9 Å². The maximum atomic E-state index is 13.2. The van der Waals surface area contributed by atoms with Gasteiger partial charge < -0.3 is 15.0 Å². The van der Waals surface area contributed by atoms with E-state index in [1.165, 1.54) is 25.0 Å². The number of amides is 1. The molecule has 2 aliphatic heterocycles. The van der Waals surface area contributed by atoms with Gasteiger partial charge in [0.1, 0.15) is 23.7 Å². The number of nitrogens with one attached hydrogen (secondary N) is 1.